The molecule has 6 nitrogen and oxygen atoms in total. The van der Waals surface area contributed by atoms with E-state index in [9.17, 15) is 9.59 Å². The largest absolute Gasteiger partial charge is 0.481 e. The molecule has 1 atom stereocenters. The van der Waals surface area contributed by atoms with Gasteiger partial charge in [-0.15, -0.1) is 0 Å². The molecule has 0 saturated carbocycles. The van der Waals surface area contributed by atoms with Gasteiger partial charge < -0.3 is 14.0 Å². The molecule has 31 heavy (non-hydrogen) atoms. The Bertz CT molecular complexity index is 1130. The van der Waals surface area contributed by atoms with Crippen molar-refractivity contribution in [3.05, 3.63) is 88.7 Å². The number of nitriles is 1. The van der Waals surface area contributed by atoms with Crippen molar-refractivity contribution in [2.75, 3.05) is 13.2 Å². The SMILES string of the molecule is Cc1cc(C(=O)COC(=O)COc2ccccc2C#N)c(C)n1[C@@H](C)c1ccccc1. The smallest absolute Gasteiger partial charge is 0.344 e. The Balaban J connectivity index is 1.62. The standard InChI is InChI=1S/C25H24N2O4/c1-17-13-22(19(3)27(17)18(2)20-9-5-4-6-10-20)23(28)15-31-25(29)16-30-24-12-8-7-11-21(24)14-26/h4-13,18H,15-16H2,1-3H3/t18-/m0/s1. The van der Waals surface area contributed by atoms with Crippen LogP contribution in [0.4, 0.5) is 0 Å². The van der Waals surface area contributed by atoms with Crippen LogP contribution in [-0.4, -0.2) is 29.5 Å². The van der Waals surface area contributed by atoms with Gasteiger partial charge in [-0.3, -0.25) is 4.79 Å². The topological polar surface area (TPSA) is 81.3 Å². The molecule has 0 bridgehead atoms. The van der Waals surface area contributed by atoms with E-state index in [1.54, 1.807) is 24.3 Å². The Morgan fingerprint density at radius 2 is 1.71 bits per heavy atom. The first-order valence-electron chi connectivity index (χ1n) is 9.96. The maximum Gasteiger partial charge on any atom is 0.344 e. The Hall–Kier alpha value is -3.85. The van der Waals surface area contributed by atoms with E-state index >= 15 is 0 Å². The molecule has 1 aromatic heterocycles. The summed E-state index contributed by atoms with van der Waals surface area (Å²) in [6.45, 7) is 5.18. The molecule has 6 heteroatoms. The van der Waals surface area contributed by atoms with E-state index < -0.39 is 5.97 Å². The molecule has 3 aromatic rings. The van der Waals surface area contributed by atoms with Gasteiger partial charge in [-0.25, -0.2) is 4.79 Å². The fraction of sp³-hybridized carbons (Fsp3) is 0.240. The van der Waals surface area contributed by atoms with Gasteiger partial charge in [-0.2, -0.15) is 5.26 Å². The quantitative estimate of drug-likeness (QED) is 0.402. The van der Waals surface area contributed by atoms with Gasteiger partial charge in [-0.1, -0.05) is 42.5 Å². The summed E-state index contributed by atoms with van der Waals surface area (Å²) in [4.78, 5) is 24.7. The lowest BCUT2D eigenvalue weighted by Crippen LogP contribution is -2.20. The molecular weight excluding hydrogens is 392 g/mol. The van der Waals surface area contributed by atoms with Crippen molar-refractivity contribution in [1.29, 1.82) is 5.26 Å². The normalized spacial score (nSPS) is 11.4. The van der Waals surface area contributed by atoms with Crippen molar-refractivity contribution in [2.24, 2.45) is 0 Å². The minimum absolute atomic E-state index is 0.0684. The first-order valence-corrected chi connectivity index (χ1v) is 9.96. The van der Waals surface area contributed by atoms with Crippen LogP contribution in [0.2, 0.25) is 0 Å². The maximum absolute atomic E-state index is 12.7. The average molecular weight is 416 g/mol. The number of aromatic nitrogens is 1. The van der Waals surface area contributed by atoms with Crippen LogP contribution in [0.5, 0.6) is 5.75 Å². The first-order chi connectivity index (χ1) is 14.9. The number of carbonyl (C=O) groups is 2. The lowest BCUT2D eigenvalue weighted by Gasteiger charge is -2.19. The molecule has 1 heterocycles. The number of para-hydroxylation sites is 1. The maximum atomic E-state index is 12.7. The van der Waals surface area contributed by atoms with Gasteiger partial charge in [0, 0.05) is 17.0 Å². The van der Waals surface area contributed by atoms with Crippen molar-refractivity contribution in [2.45, 2.75) is 26.8 Å². The minimum Gasteiger partial charge on any atom is -0.481 e. The van der Waals surface area contributed by atoms with Crippen molar-refractivity contribution in [3.63, 3.8) is 0 Å². The number of rotatable bonds is 8. The van der Waals surface area contributed by atoms with Crippen molar-refractivity contribution in [1.82, 2.24) is 4.57 Å². The Morgan fingerprint density at radius 1 is 1.03 bits per heavy atom. The van der Waals surface area contributed by atoms with E-state index in [0.29, 0.717) is 16.9 Å². The van der Waals surface area contributed by atoms with Crippen LogP contribution >= 0.6 is 0 Å². The third kappa shape index (κ3) is 5.01. The molecule has 158 valence electrons. The summed E-state index contributed by atoms with van der Waals surface area (Å²) >= 11 is 0. The van der Waals surface area contributed by atoms with Crippen LogP contribution < -0.4 is 4.74 Å². The number of hydrogen-bond acceptors (Lipinski definition) is 5. The van der Waals surface area contributed by atoms with Crippen LogP contribution in [0, 0.1) is 25.2 Å². The summed E-state index contributed by atoms with van der Waals surface area (Å²) in [5.74, 6) is -0.648. The van der Waals surface area contributed by atoms with Crippen LogP contribution in [0.15, 0.2) is 60.7 Å². The average Bonchev–Trinajstić information content (AvgIpc) is 3.10. The molecule has 0 aliphatic carbocycles. The van der Waals surface area contributed by atoms with E-state index in [4.69, 9.17) is 14.7 Å². The molecule has 0 aliphatic rings. The number of benzene rings is 2. The summed E-state index contributed by atoms with van der Waals surface area (Å²) in [5, 5.41) is 9.06. The number of carbonyl (C=O) groups excluding carboxylic acids is 2. The van der Waals surface area contributed by atoms with E-state index in [0.717, 1.165) is 17.0 Å². The van der Waals surface area contributed by atoms with Gasteiger partial charge in [0.25, 0.3) is 0 Å². The molecule has 2 aromatic carbocycles. The van der Waals surface area contributed by atoms with Crippen LogP contribution in [0.25, 0.3) is 0 Å². The number of aryl methyl sites for hydroxylation is 1. The highest BCUT2D eigenvalue weighted by atomic mass is 16.6. The number of esters is 1. The fourth-order valence-electron chi connectivity index (χ4n) is 3.62. The summed E-state index contributed by atoms with van der Waals surface area (Å²) in [6.07, 6.45) is 0. The Labute approximate surface area is 181 Å². The fourth-order valence-corrected chi connectivity index (χ4v) is 3.62. The number of ether oxygens (including phenoxy) is 2. The molecule has 0 amide bonds. The molecule has 0 unspecified atom stereocenters. The second kappa shape index (κ2) is 9.77. The van der Waals surface area contributed by atoms with Crippen molar-refractivity contribution in [3.8, 4) is 11.8 Å². The first kappa shape index (κ1) is 21.8. The number of Topliss-reactive ketones (excluding diaryl/α,β-unsaturated/α-hetero) is 1. The molecule has 0 saturated heterocycles. The van der Waals surface area contributed by atoms with E-state index in [1.807, 2.05) is 44.2 Å². The van der Waals surface area contributed by atoms with Crippen molar-refractivity contribution >= 4 is 11.8 Å². The highest BCUT2D eigenvalue weighted by Gasteiger charge is 2.20. The highest BCUT2D eigenvalue weighted by molar-refractivity contribution is 5.99. The Kier molecular flexibility index (Phi) is 6.88. The minimum atomic E-state index is -0.674. The molecule has 0 aliphatic heterocycles. The van der Waals surface area contributed by atoms with Gasteiger partial charge >= 0.3 is 5.97 Å². The zero-order chi connectivity index (χ0) is 22.4. The van der Waals surface area contributed by atoms with Gasteiger partial charge in [0.2, 0.25) is 5.78 Å². The molecule has 0 fully saturated rings. The van der Waals surface area contributed by atoms with Gasteiger partial charge in [0.05, 0.1) is 11.6 Å². The molecular formula is C25H24N2O4. The predicted octanol–water partition coefficient (Wildman–Crippen LogP) is 4.39. The monoisotopic (exact) mass is 416 g/mol. The second-order valence-electron chi connectivity index (χ2n) is 7.22. The van der Waals surface area contributed by atoms with Gasteiger partial charge in [-0.05, 0) is 44.5 Å². The number of nitrogens with zero attached hydrogens (tertiary/aromatic N) is 2. The zero-order valence-electron chi connectivity index (χ0n) is 17.8. The third-order valence-corrected chi connectivity index (χ3v) is 5.17. The molecule has 0 N–H and O–H groups in total. The predicted molar refractivity (Wildman–Crippen MR) is 116 cm³/mol. The Morgan fingerprint density at radius 3 is 2.42 bits per heavy atom. The van der Waals surface area contributed by atoms with E-state index in [-0.39, 0.29) is 25.0 Å². The highest BCUT2D eigenvalue weighted by Crippen LogP contribution is 2.25. The number of hydrogen-bond donors (Lipinski definition) is 0. The summed E-state index contributed by atoms with van der Waals surface area (Å²) in [6, 6.07) is 20.5. The van der Waals surface area contributed by atoms with Crippen LogP contribution in [-0.2, 0) is 9.53 Å². The number of ketones is 1. The molecule has 0 spiro atoms. The second-order valence-corrected chi connectivity index (χ2v) is 7.22. The van der Waals surface area contributed by atoms with Gasteiger partial charge in [0.15, 0.2) is 13.2 Å². The molecule has 0 radical (unpaired) electrons. The summed E-state index contributed by atoms with van der Waals surface area (Å²) < 4.78 is 12.5. The summed E-state index contributed by atoms with van der Waals surface area (Å²) in [5.41, 5.74) is 3.79. The zero-order valence-corrected chi connectivity index (χ0v) is 17.8. The lowest BCUT2D eigenvalue weighted by molar-refractivity contribution is -0.144. The van der Waals surface area contributed by atoms with E-state index in [2.05, 4.69) is 23.6 Å². The van der Waals surface area contributed by atoms with Crippen LogP contribution in [0.1, 0.15) is 45.8 Å². The lowest BCUT2D eigenvalue weighted by atomic mass is 10.1. The van der Waals surface area contributed by atoms with E-state index in [1.165, 1.54) is 0 Å². The van der Waals surface area contributed by atoms with Crippen molar-refractivity contribution < 1.29 is 19.1 Å². The molecule has 3 rings (SSSR count). The van der Waals surface area contributed by atoms with Gasteiger partial charge in [0.1, 0.15) is 11.8 Å². The van der Waals surface area contributed by atoms with Crippen LogP contribution in [0.3, 0.4) is 0 Å². The summed E-state index contributed by atoms with van der Waals surface area (Å²) in [7, 11) is 0. The third-order valence-electron chi connectivity index (χ3n) is 5.17.